The number of amides is 2. The largest absolute Gasteiger partial charge is 0.333 e. The van der Waals surface area contributed by atoms with Crippen LogP contribution in [-0.4, -0.2) is 54.7 Å². The number of nitrogens with one attached hydrogen (secondary N) is 1. The number of nitrogens with zero attached hydrogens (tertiary/aromatic N) is 2. The molecule has 2 heterocycles. The molecule has 1 saturated heterocycles. The van der Waals surface area contributed by atoms with Crippen molar-refractivity contribution in [1.82, 2.24) is 9.88 Å². The number of carbonyl (C=O) groups is 2. The molecule has 0 radical (unpaired) electrons. The molecule has 1 unspecified atom stereocenters. The smallest absolute Gasteiger partial charge is 0.315 e. The lowest BCUT2D eigenvalue weighted by atomic mass is 10.2. The number of rotatable bonds is 2. The molecule has 7 nitrogen and oxygen atoms in total. The lowest BCUT2D eigenvalue weighted by molar-refractivity contribution is -0.143. The van der Waals surface area contributed by atoms with Crippen molar-refractivity contribution in [3.05, 3.63) is 23.9 Å². The van der Waals surface area contributed by atoms with Crippen LogP contribution in [0.5, 0.6) is 0 Å². The first kappa shape index (κ1) is 15.4. The zero-order valence-corrected chi connectivity index (χ0v) is 12.7. The standard InChI is InChI=1S/C13H17N3O4S/c1-9-4-3-5-11(14-9)15-12(17)13(18)16(2)10-6-7-21(19,20)8-10/h3-5,10H,6-8H2,1-2H3,(H,14,15,17). The Bertz CT molecular complexity index is 672. The molecule has 2 rings (SSSR count). The molecule has 0 spiro atoms. The predicted octanol–water partition coefficient (Wildman–Crippen LogP) is -0.0260. The van der Waals surface area contributed by atoms with Gasteiger partial charge < -0.3 is 10.2 Å². The first-order valence-corrected chi connectivity index (χ1v) is 8.33. The van der Waals surface area contributed by atoms with E-state index in [1.165, 1.54) is 11.9 Å². The predicted molar refractivity (Wildman–Crippen MR) is 77.4 cm³/mol. The third kappa shape index (κ3) is 3.78. The van der Waals surface area contributed by atoms with Crippen molar-refractivity contribution in [3.8, 4) is 0 Å². The van der Waals surface area contributed by atoms with E-state index in [1.54, 1.807) is 25.1 Å². The van der Waals surface area contributed by atoms with Crippen molar-refractivity contribution < 1.29 is 18.0 Å². The summed E-state index contributed by atoms with van der Waals surface area (Å²) in [5.41, 5.74) is 0.718. The fraction of sp³-hybridized carbons (Fsp3) is 0.462. The summed E-state index contributed by atoms with van der Waals surface area (Å²) in [6, 6.07) is 4.62. The van der Waals surface area contributed by atoms with E-state index in [2.05, 4.69) is 10.3 Å². The van der Waals surface area contributed by atoms with Gasteiger partial charge in [0.1, 0.15) is 5.82 Å². The van der Waals surface area contributed by atoms with E-state index in [9.17, 15) is 18.0 Å². The molecule has 114 valence electrons. The second kappa shape index (κ2) is 5.80. The van der Waals surface area contributed by atoms with E-state index in [1.807, 2.05) is 0 Å². The zero-order chi connectivity index (χ0) is 15.6. The van der Waals surface area contributed by atoms with Crippen molar-refractivity contribution in [2.75, 3.05) is 23.9 Å². The van der Waals surface area contributed by atoms with Gasteiger partial charge in [0, 0.05) is 18.8 Å². The van der Waals surface area contributed by atoms with Crippen LogP contribution in [0.2, 0.25) is 0 Å². The molecule has 1 aromatic heterocycles. The Kier molecular flexibility index (Phi) is 4.26. The van der Waals surface area contributed by atoms with Crippen molar-refractivity contribution in [2.45, 2.75) is 19.4 Å². The number of likely N-dealkylation sites (N-methyl/N-ethyl adjacent to an activating group) is 1. The summed E-state index contributed by atoms with van der Waals surface area (Å²) in [4.78, 5) is 29.2. The van der Waals surface area contributed by atoms with Crippen molar-refractivity contribution >= 4 is 27.5 Å². The third-order valence-corrected chi connectivity index (χ3v) is 5.15. The number of hydrogen-bond acceptors (Lipinski definition) is 5. The number of anilines is 1. The Balaban J connectivity index is 2.01. The fourth-order valence-electron chi connectivity index (χ4n) is 2.19. The van der Waals surface area contributed by atoms with E-state index < -0.39 is 27.7 Å². The van der Waals surface area contributed by atoms with E-state index >= 15 is 0 Å². The highest BCUT2D eigenvalue weighted by atomic mass is 32.2. The van der Waals surface area contributed by atoms with Crippen LogP contribution >= 0.6 is 0 Å². The van der Waals surface area contributed by atoms with E-state index in [-0.39, 0.29) is 11.5 Å². The van der Waals surface area contributed by atoms with Gasteiger partial charge in [0.15, 0.2) is 9.84 Å². The summed E-state index contributed by atoms with van der Waals surface area (Å²) in [6.45, 7) is 1.77. The first-order valence-electron chi connectivity index (χ1n) is 6.51. The van der Waals surface area contributed by atoms with Gasteiger partial charge in [-0.25, -0.2) is 13.4 Å². The number of aromatic nitrogens is 1. The van der Waals surface area contributed by atoms with E-state index in [0.29, 0.717) is 12.2 Å². The van der Waals surface area contributed by atoms with Crippen LogP contribution in [0.4, 0.5) is 5.82 Å². The number of carbonyl (C=O) groups excluding carboxylic acids is 2. The van der Waals surface area contributed by atoms with Crippen molar-refractivity contribution in [3.63, 3.8) is 0 Å². The summed E-state index contributed by atoms with van der Waals surface area (Å²) < 4.78 is 22.8. The monoisotopic (exact) mass is 311 g/mol. The fourth-order valence-corrected chi connectivity index (χ4v) is 3.96. The quantitative estimate of drug-likeness (QED) is 0.774. The normalized spacial score (nSPS) is 20.0. The third-order valence-electron chi connectivity index (χ3n) is 3.40. The van der Waals surface area contributed by atoms with Crippen LogP contribution in [0.15, 0.2) is 18.2 Å². The lowest BCUT2D eigenvalue weighted by Crippen LogP contribution is -2.44. The van der Waals surface area contributed by atoms with Crippen LogP contribution in [0.1, 0.15) is 12.1 Å². The Morgan fingerprint density at radius 1 is 1.38 bits per heavy atom. The molecule has 1 aromatic rings. The van der Waals surface area contributed by atoms with E-state index in [4.69, 9.17) is 0 Å². The molecule has 1 fully saturated rings. The lowest BCUT2D eigenvalue weighted by Gasteiger charge is -2.22. The Morgan fingerprint density at radius 2 is 2.10 bits per heavy atom. The highest BCUT2D eigenvalue weighted by Crippen LogP contribution is 2.16. The van der Waals surface area contributed by atoms with Crippen LogP contribution < -0.4 is 5.32 Å². The second-order valence-electron chi connectivity index (χ2n) is 5.09. The van der Waals surface area contributed by atoms with Gasteiger partial charge in [-0.2, -0.15) is 0 Å². The van der Waals surface area contributed by atoms with Gasteiger partial charge in [0.05, 0.1) is 11.5 Å². The summed E-state index contributed by atoms with van der Waals surface area (Å²) in [7, 11) is -1.66. The Hall–Kier alpha value is -1.96. The van der Waals surface area contributed by atoms with Gasteiger partial charge >= 0.3 is 11.8 Å². The summed E-state index contributed by atoms with van der Waals surface area (Å²) >= 11 is 0. The van der Waals surface area contributed by atoms with Gasteiger partial charge in [-0.05, 0) is 25.5 Å². The average molecular weight is 311 g/mol. The van der Waals surface area contributed by atoms with Crippen molar-refractivity contribution in [2.24, 2.45) is 0 Å². The highest BCUT2D eigenvalue weighted by Gasteiger charge is 2.34. The Labute approximate surface area is 123 Å². The zero-order valence-electron chi connectivity index (χ0n) is 11.9. The van der Waals surface area contributed by atoms with Gasteiger partial charge in [-0.1, -0.05) is 6.07 Å². The van der Waals surface area contributed by atoms with Gasteiger partial charge in [0.25, 0.3) is 0 Å². The molecule has 0 bridgehead atoms. The Morgan fingerprint density at radius 3 is 2.67 bits per heavy atom. The molecule has 1 N–H and O–H groups in total. The molecule has 2 amide bonds. The molecule has 1 aliphatic heterocycles. The van der Waals surface area contributed by atoms with Gasteiger partial charge in [0.2, 0.25) is 0 Å². The molecule has 0 aliphatic carbocycles. The van der Waals surface area contributed by atoms with Crippen LogP contribution in [-0.2, 0) is 19.4 Å². The molecular weight excluding hydrogens is 294 g/mol. The average Bonchev–Trinajstić information content (AvgIpc) is 2.77. The summed E-state index contributed by atoms with van der Waals surface area (Å²) in [6.07, 6.45) is 0.362. The maximum atomic E-state index is 12.0. The van der Waals surface area contributed by atoms with Crippen molar-refractivity contribution in [1.29, 1.82) is 0 Å². The number of sulfone groups is 1. The first-order chi connectivity index (χ1) is 9.78. The van der Waals surface area contributed by atoms with Gasteiger partial charge in [-0.15, -0.1) is 0 Å². The van der Waals surface area contributed by atoms with Gasteiger partial charge in [-0.3, -0.25) is 9.59 Å². The molecule has 21 heavy (non-hydrogen) atoms. The second-order valence-corrected chi connectivity index (χ2v) is 7.32. The van der Waals surface area contributed by atoms with Crippen LogP contribution in [0.25, 0.3) is 0 Å². The molecule has 0 saturated carbocycles. The minimum Gasteiger partial charge on any atom is -0.333 e. The molecular formula is C13H17N3O4S. The molecule has 1 aliphatic rings. The molecule has 8 heteroatoms. The topological polar surface area (TPSA) is 96.4 Å². The molecule has 0 aromatic carbocycles. The summed E-state index contributed by atoms with van der Waals surface area (Å²) in [5.74, 6) is -1.33. The van der Waals surface area contributed by atoms with Crippen LogP contribution in [0.3, 0.4) is 0 Å². The summed E-state index contributed by atoms with van der Waals surface area (Å²) in [5, 5.41) is 2.42. The maximum Gasteiger partial charge on any atom is 0.315 e. The molecule has 1 atom stereocenters. The van der Waals surface area contributed by atoms with Crippen LogP contribution in [0, 0.1) is 6.92 Å². The highest BCUT2D eigenvalue weighted by molar-refractivity contribution is 7.91. The minimum absolute atomic E-state index is 0.0519. The maximum absolute atomic E-state index is 12.0. The number of pyridine rings is 1. The number of aryl methyl sites for hydroxylation is 1. The SMILES string of the molecule is Cc1cccc(NC(=O)C(=O)N(C)C2CCS(=O)(=O)C2)n1. The van der Waals surface area contributed by atoms with E-state index in [0.717, 1.165) is 5.69 Å². The minimum atomic E-state index is -3.10. The number of hydrogen-bond donors (Lipinski definition) is 1.